The molecule has 3 amide bonds. The van der Waals surface area contributed by atoms with E-state index in [1.54, 1.807) is 9.80 Å². The van der Waals surface area contributed by atoms with Gasteiger partial charge in [-0.15, -0.1) is 0 Å². The quantitative estimate of drug-likeness (QED) is 0.542. The number of sulfone groups is 1. The number of urea groups is 1. The number of carbonyl (C=O) groups excluding carboxylic acids is 2. The first-order valence-electron chi connectivity index (χ1n) is 13.8. The number of likely N-dealkylation sites (tertiary alicyclic amines) is 1. The monoisotopic (exact) mass is 530 g/mol. The normalized spacial score (nSPS) is 29.5. The number of hydrogen-bond donors (Lipinski definition) is 0. The summed E-state index contributed by atoms with van der Waals surface area (Å²) < 4.78 is 23.8. The predicted octanol–water partition coefficient (Wildman–Crippen LogP) is 2.94. The van der Waals surface area contributed by atoms with E-state index >= 15 is 0 Å². The van der Waals surface area contributed by atoms with Crippen molar-refractivity contribution in [2.24, 2.45) is 5.92 Å². The summed E-state index contributed by atoms with van der Waals surface area (Å²) in [6.45, 7) is 2.37. The van der Waals surface area contributed by atoms with E-state index in [1.165, 1.54) is 24.7 Å². The van der Waals surface area contributed by atoms with Crippen LogP contribution in [0.2, 0.25) is 0 Å². The number of hydrogen-bond acceptors (Lipinski definition) is 5. The molecule has 1 aromatic carbocycles. The molecule has 0 aromatic heterocycles. The van der Waals surface area contributed by atoms with Crippen molar-refractivity contribution < 1.29 is 18.0 Å². The summed E-state index contributed by atoms with van der Waals surface area (Å²) in [4.78, 5) is 34.9. The Morgan fingerprint density at radius 2 is 1.62 bits per heavy atom. The van der Waals surface area contributed by atoms with Crippen molar-refractivity contribution in [3.8, 4) is 0 Å². The van der Waals surface area contributed by atoms with Crippen LogP contribution in [0.15, 0.2) is 30.3 Å². The van der Waals surface area contributed by atoms with E-state index in [-0.39, 0.29) is 34.8 Å². The lowest BCUT2D eigenvalue weighted by Crippen LogP contribution is -2.55. The van der Waals surface area contributed by atoms with E-state index in [4.69, 9.17) is 0 Å². The highest BCUT2D eigenvalue weighted by Gasteiger charge is 2.55. The first-order chi connectivity index (χ1) is 17.5. The summed E-state index contributed by atoms with van der Waals surface area (Å²) >= 11 is 0. The third kappa shape index (κ3) is 5.13. The summed E-state index contributed by atoms with van der Waals surface area (Å²) in [7, 11) is 1.23. The number of benzene rings is 1. The first kappa shape index (κ1) is 26.5. The van der Waals surface area contributed by atoms with Gasteiger partial charge in [-0.1, -0.05) is 30.3 Å². The fraction of sp³-hybridized carbons (Fsp3) is 0.714. The third-order valence-electron chi connectivity index (χ3n) is 9.60. The van der Waals surface area contributed by atoms with Crippen LogP contribution in [-0.4, -0.2) is 104 Å². The van der Waals surface area contributed by atoms with E-state index in [9.17, 15) is 18.0 Å². The second-order valence-electron chi connectivity index (χ2n) is 12.1. The molecule has 4 aliphatic rings. The van der Waals surface area contributed by atoms with E-state index < -0.39 is 9.84 Å². The van der Waals surface area contributed by atoms with Crippen LogP contribution in [0.25, 0.3) is 0 Å². The molecule has 4 fully saturated rings. The number of piperidine rings is 1. The molecular formula is C28H42N4O4S. The van der Waals surface area contributed by atoms with Crippen LogP contribution in [0.5, 0.6) is 0 Å². The van der Waals surface area contributed by atoms with E-state index in [0.29, 0.717) is 38.4 Å². The van der Waals surface area contributed by atoms with Gasteiger partial charge in [0.25, 0.3) is 0 Å². The lowest BCUT2D eigenvalue weighted by molar-refractivity contribution is -0.132. The van der Waals surface area contributed by atoms with Crippen molar-refractivity contribution in [1.82, 2.24) is 19.6 Å². The molecule has 0 unspecified atom stereocenters. The van der Waals surface area contributed by atoms with Crippen molar-refractivity contribution in [3.05, 3.63) is 35.9 Å². The Labute approximate surface area is 221 Å². The molecule has 0 N–H and O–H groups in total. The SMILES string of the molecule is CN(C)[C@]1(c2ccccc2)CC[C@]2(CC1)CN(CC(=O)N1CCC(S(C)(=O)=O)CC1)C(=O)N2CC1CC1. The van der Waals surface area contributed by atoms with Gasteiger partial charge in [-0.2, -0.15) is 0 Å². The molecule has 2 aliphatic carbocycles. The summed E-state index contributed by atoms with van der Waals surface area (Å²) in [5.41, 5.74) is 1.06. The Morgan fingerprint density at radius 1 is 1.00 bits per heavy atom. The van der Waals surface area contributed by atoms with Crippen LogP contribution in [0, 0.1) is 5.92 Å². The van der Waals surface area contributed by atoms with Gasteiger partial charge < -0.3 is 14.7 Å². The lowest BCUT2D eigenvalue weighted by Gasteiger charge is -2.51. The maximum Gasteiger partial charge on any atom is 0.321 e. The molecule has 9 heteroatoms. The summed E-state index contributed by atoms with van der Waals surface area (Å²) in [5, 5.41) is -0.369. The summed E-state index contributed by atoms with van der Waals surface area (Å²) in [6.07, 6.45) is 8.37. The predicted molar refractivity (Wildman–Crippen MR) is 144 cm³/mol. The number of carbonyl (C=O) groups is 2. The van der Waals surface area contributed by atoms with Crippen LogP contribution in [-0.2, 0) is 20.2 Å². The van der Waals surface area contributed by atoms with Gasteiger partial charge in [0.1, 0.15) is 16.4 Å². The first-order valence-corrected chi connectivity index (χ1v) is 15.8. The van der Waals surface area contributed by atoms with Crippen LogP contribution < -0.4 is 0 Å². The molecular weight excluding hydrogens is 488 g/mol. The second-order valence-corrected chi connectivity index (χ2v) is 14.4. The Kier molecular flexibility index (Phi) is 7.07. The maximum absolute atomic E-state index is 13.7. The molecule has 0 atom stereocenters. The summed E-state index contributed by atoms with van der Waals surface area (Å²) in [5.74, 6) is 0.521. The van der Waals surface area contributed by atoms with Gasteiger partial charge >= 0.3 is 6.03 Å². The van der Waals surface area contributed by atoms with Crippen molar-refractivity contribution in [2.45, 2.75) is 67.7 Å². The highest BCUT2D eigenvalue weighted by molar-refractivity contribution is 7.91. The molecule has 37 heavy (non-hydrogen) atoms. The molecule has 8 nitrogen and oxygen atoms in total. The van der Waals surface area contributed by atoms with Crippen molar-refractivity contribution in [3.63, 3.8) is 0 Å². The zero-order chi connectivity index (χ0) is 26.4. The Balaban J connectivity index is 1.29. The molecule has 5 rings (SSSR count). The van der Waals surface area contributed by atoms with Gasteiger partial charge in [-0.3, -0.25) is 9.69 Å². The average molecular weight is 531 g/mol. The molecule has 2 aliphatic heterocycles. The van der Waals surface area contributed by atoms with Crippen LogP contribution >= 0.6 is 0 Å². The fourth-order valence-corrected chi connectivity index (χ4v) is 8.00. The Bertz CT molecular complexity index is 1100. The van der Waals surface area contributed by atoms with Crippen molar-refractivity contribution >= 4 is 21.8 Å². The maximum atomic E-state index is 13.7. The van der Waals surface area contributed by atoms with Crippen molar-refractivity contribution in [2.75, 3.05) is 53.1 Å². The third-order valence-corrected chi connectivity index (χ3v) is 11.3. The van der Waals surface area contributed by atoms with Crippen molar-refractivity contribution in [1.29, 1.82) is 0 Å². The standard InChI is InChI=1S/C28H42N4O4S/c1-29(2)28(23-7-5-4-6-8-23)15-13-27(14-16-28)21-31(26(34)32(27)19-22-9-10-22)20-25(33)30-17-11-24(12-18-30)37(3,35)36/h4-8,22,24H,9-21H2,1-3H3/t27-,28+. The van der Waals surface area contributed by atoms with Gasteiger partial charge in [-0.05, 0) is 76.9 Å². The molecule has 1 aromatic rings. The molecule has 204 valence electrons. The van der Waals surface area contributed by atoms with E-state index in [0.717, 1.165) is 32.2 Å². The number of rotatable bonds is 7. The van der Waals surface area contributed by atoms with E-state index in [1.807, 2.05) is 0 Å². The minimum absolute atomic E-state index is 0.00309. The van der Waals surface area contributed by atoms with Gasteiger partial charge in [0, 0.05) is 38.0 Å². The van der Waals surface area contributed by atoms with Gasteiger partial charge in [0.05, 0.1) is 10.8 Å². The molecule has 2 saturated heterocycles. The van der Waals surface area contributed by atoms with Gasteiger partial charge in [0.2, 0.25) is 5.91 Å². The van der Waals surface area contributed by atoms with Gasteiger partial charge in [-0.25, -0.2) is 13.2 Å². The zero-order valence-electron chi connectivity index (χ0n) is 22.6. The fourth-order valence-electron chi connectivity index (χ4n) is 6.93. The highest BCUT2D eigenvalue weighted by atomic mass is 32.2. The molecule has 1 spiro atoms. The topological polar surface area (TPSA) is 81.2 Å². The lowest BCUT2D eigenvalue weighted by atomic mass is 9.68. The van der Waals surface area contributed by atoms with Gasteiger partial charge in [0.15, 0.2) is 0 Å². The molecule has 2 heterocycles. The largest absolute Gasteiger partial charge is 0.341 e. The minimum atomic E-state index is -3.09. The molecule has 2 saturated carbocycles. The number of nitrogens with zero attached hydrogens (tertiary/aromatic N) is 4. The number of amides is 3. The van der Waals surface area contributed by atoms with Crippen LogP contribution in [0.3, 0.4) is 0 Å². The Morgan fingerprint density at radius 3 is 2.16 bits per heavy atom. The molecule has 0 bridgehead atoms. The zero-order valence-corrected chi connectivity index (χ0v) is 23.4. The minimum Gasteiger partial charge on any atom is -0.341 e. The second kappa shape index (κ2) is 9.88. The van der Waals surface area contributed by atoms with E-state index in [2.05, 4.69) is 54.2 Å². The molecule has 0 radical (unpaired) electrons. The Hall–Kier alpha value is -2.13. The van der Waals surface area contributed by atoms with Crippen LogP contribution in [0.4, 0.5) is 4.79 Å². The van der Waals surface area contributed by atoms with Crippen LogP contribution in [0.1, 0.15) is 56.9 Å². The highest BCUT2D eigenvalue weighted by Crippen LogP contribution is 2.49. The average Bonchev–Trinajstić information content (AvgIpc) is 3.67. The smallest absolute Gasteiger partial charge is 0.321 e. The summed E-state index contributed by atoms with van der Waals surface area (Å²) in [6, 6.07) is 10.7.